The molecule has 0 aliphatic carbocycles. The zero-order chi connectivity index (χ0) is 13.3. The Morgan fingerprint density at radius 2 is 1.82 bits per heavy atom. The molecule has 0 bridgehead atoms. The third-order valence-electron chi connectivity index (χ3n) is 3.14. The maximum Gasteiger partial charge on any atom is 0.310 e. The summed E-state index contributed by atoms with van der Waals surface area (Å²) in [4.78, 5) is 11.8. The molecule has 3 heteroatoms. The van der Waals surface area contributed by atoms with Gasteiger partial charge in [-0.3, -0.25) is 4.79 Å². The molecule has 0 aromatic heterocycles. The average molecular weight is 243 g/mol. The van der Waals surface area contributed by atoms with Crippen molar-refractivity contribution in [3.63, 3.8) is 0 Å². The minimum absolute atomic E-state index is 0.0205. The monoisotopic (exact) mass is 243 g/mol. The molecule has 2 unspecified atom stereocenters. The Hall–Kier alpha value is -0.570. The predicted octanol–water partition coefficient (Wildman–Crippen LogP) is 3.12. The summed E-state index contributed by atoms with van der Waals surface area (Å²) < 4.78 is 5.43. The predicted molar refractivity (Wildman–Crippen MR) is 71.7 cm³/mol. The second-order valence-corrected chi connectivity index (χ2v) is 5.18. The lowest BCUT2D eigenvalue weighted by Crippen LogP contribution is -2.32. The number of hydrogen-bond acceptors (Lipinski definition) is 3. The van der Waals surface area contributed by atoms with Gasteiger partial charge in [-0.05, 0) is 25.7 Å². The van der Waals surface area contributed by atoms with Crippen LogP contribution in [0.3, 0.4) is 0 Å². The van der Waals surface area contributed by atoms with Gasteiger partial charge in [-0.1, -0.05) is 40.0 Å². The number of unbranched alkanes of at least 4 members (excludes halogenated alkanes) is 3. The van der Waals surface area contributed by atoms with Crippen molar-refractivity contribution < 1.29 is 9.53 Å². The van der Waals surface area contributed by atoms with Crippen LogP contribution in [-0.4, -0.2) is 18.6 Å². The van der Waals surface area contributed by atoms with E-state index in [9.17, 15) is 4.79 Å². The molecule has 102 valence electrons. The van der Waals surface area contributed by atoms with Crippen molar-refractivity contribution in [2.75, 3.05) is 6.54 Å². The molecule has 0 fully saturated rings. The van der Waals surface area contributed by atoms with Gasteiger partial charge in [0, 0.05) is 6.54 Å². The average Bonchev–Trinajstić information content (AvgIpc) is 2.24. The summed E-state index contributed by atoms with van der Waals surface area (Å²) in [5.41, 5.74) is 5.59. The molecule has 0 amide bonds. The molecule has 0 radical (unpaired) electrons. The molecule has 3 nitrogen and oxygen atoms in total. The van der Waals surface area contributed by atoms with Gasteiger partial charge in [0.15, 0.2) is 0 Å². The minimum atomic E-state index is -0.159. The van der Waals surface area contributed by atoms with Gasteiger partial charge in [0.05, 0.1) is 12.0 Å². The fraction of sp³-hybridized carbons (Fsp3) is 0.929. The minimum Gasteiger partial charge on any atom is -0.462 e. The maximum atomic E-state index is 11.8. The Balaban J connectivity index is 3.85. The van der Waals surface area contributed by atoms with Crippen molar-refractivity contribution in [3.8, 4) is 0 Å². The lowest BCUT2D eigenvalue weighted by molar-refractivity contribution is -0.154. The molecule has 0 saturated heterocycles. The van der Waals surface area contributed by atoms with Crippen LogP contribution < -0.4 is 5.73 Å². The first-order valence-corrected chi connectivity index (χ1v) is 6.93. The van der Waals surface area contributed by atoms with Gasteiger partial charge in [0.25, 0.3) is 0 Å². The lowest BCUT2D eigenvalue weighted by Gasteiger charge is -2.20. The number of ether oxygens (including phenoxy) is 1. The van der Waals surface area contributed by atoms with Gasteiger partial charge in [-0.15, -0.1) is 0 Å². The number of esters is 1. The Morgan fingerprint density at radius 3 is 2.29 bits per heavy atom. The van der Waals surface area contributed by atoms with Crippen LogP contribution >= 0.6 is 0 Å². The van der Waals surface area contributed by atoms with Crippen molar-refractivity contribution in [1.82, 2.24) is 0 Å². The largest absolute Gasteiger partial charge is 0.462 e. The van der Waals surface area contributed by atoms with Gasteiger partial charge >= 0.3 is 5.97 Å². The van der Waals surface area contributed by atoms with Crippen LogP contribution in [0.1, 0.15) is 59.8 Å². The van der Waals surface area contributed by atoms with E-state index in [-0.39, 0.29) is 23.9 Å². The molecule has 17 heavy (non-hydrogen) atoms. The molecule has 0 spiro atoms. The normalized spacial score (nSPS) is 14.7. The number of hydrogen-bond donors (Lipinski definition) is 1. The van der Waals surface area contributed by atoms with Crippen LogP contribution in [0.4, 0.5) is 0 Å². The highest BCUT2D eigenvalue weighted by Gasteiger charge is 2.23. The van der Waals surface area contributed by atoms with Crippen LogP contribution in [0.2, 0.25) is 0 Å². The van der Waals surface area contributed by atoms with E-state index in [0.29, 0.717) is 6.54 Å². The van der Waals surface area contributed by atoms with Gasteiger partial charge < -0.3 is 10.5 Å². The fourth-order valence-electron chi connectivity index (χ4n) is 1.84. The summed E-state index contributed by atoms with van der Waals surface area (Å²) in [6.45, 7) is 8.55. The molecule has 0 aliphatic rings. The quantitative estimate of drug-likeness (QED) is 0.500. The third-order valence-corrected chi connectivity index (χ3v) is 3.14. The molecular weight excluding hydrogens is 214 g/mol. The summed E-state index contributed by atoms with van der Waals surface area (Å²) in [6.07, 6.45) is 5.84. The van der Waals surface area contributed by atoms with Crippen molar-refractivity contribution in [2.24, 2.45) is 17.6 Å². The second kappa shape index (κ2) is 9.46. The Morgan fingerprint density at radius 1 is 1.18 bits per heavy atom. The summed E-state index contributed by atoms with van der Waals surface area (Å²) in [5, 5.41) is 0. The van der Waals surface area contributed by atoms with Gasteiger partial charge in [-0.2, -0.15) is 0 Å². The van der Waals surface area contributed by atoms with Gasteiger partial charge in [0.1, 0.15) is 0 Å². The third kappa shape index (κ3) is 7.37. The van der Waals surface area contributed by atoms with E-state index in [1.165, 1.54) is 19.3 Å². The van der Waals surface area contributed by atoms with Crippen LogP contribution in [0.5, 0.6) is 0 Å². The van der Waals surface area contributed by atoms with Crippen molar-refractivity contribution >= 4 is 5.97 Å². The molecular formula is C14H29NO2. The SMILES string of the molecule is CCCCCCC(C)OC(=O)C(CN)C(C)C. The molecule has 0 heterocycles. The highest BCUT2D eigenvalue weighted by Crippen LogP contribution is 2.14. The molecule has 0 saturated carbocycles. The van der Waals surface area contributed by atoms with E-state index in [4.69, 9.17) is 10.5 Å². The summed E-state index contributed by atoms with van der Waals surface area (Å²) in [5.74, 6) is -0.0432. The first kappa shape index (κ1) is 16.4. The van der Waals surface area contributed by atoms with E-state index in [1.54, 1.807) is 0 Å². The van der Waals surface area contributed by atoms with E-state index < -0.39 is 0 Å². The Kier molecular flexibility index (Phi) is 9.14. The first-order chi connectivity index (χ1) is 8.02. The molecule has 0 rings (SSSR count). The molecule has 0 aromatic rings. The standard InChI is InChI=1S/C14H29NO2/c1-5-6-7-8-9-12(4)17-14(16)13(10-15)11(2)3/h11-13H,5-10,15H2,1-4H3. The van der Waals surface area contributed by atoms with Crippen molar-refractivity contribution in [1.29, 1.82) is 0 Å². The van der Waals surface area contributed by atoms with Crippen LogP contribution in [-0.2, 0) is 9.53 Å². The number of rotatable bonds is 9. The molecule has 2 atom stereocenters. The van der Waals surface area contributed by atoms with Crippen LogP contribution in [0.25, 0.3) is 0 Å². The number of nitrogens with two attached hydrogens (primary N) is 1. The number of carbonyl (C=O) groups is 1. The second-order valence-electron chi connectivity index (χ2n) is 5.18. The zero-order valence-corrected chi connectivity index (χ0v) is 11.9. The smallest absolute Gasteiger partial charge is 0.310 e. The van der Waals surface area contributed by atoms with E-state index in [1.807, 2.05) is 20.8 Å². The summed E-state index contributed by atoms with van der Waals surface area (Å²) in [6, 6.07) is 0. The van der Waals surface area contributed by atoms with Gasteiger partial charge in [0.2, 0.25) is 0 Å². The number of carbonyl (C=O) groups excluding carboxylic acids is 1. The Labute approximate surface area is 106 Å². The van der Waals surface area contributed by atoms with E-state index in [0.717, 1.165) is 12.8 Å². The maximum absolute atomic E-state index is 11.8. The zero-order valence-electron chi connectivity index (χ0n) is 11.9. The van der Waals surface area contributed by atoms with Crippen LogP contribution in [0, 0.1) is 11.8 Å². The summed E-state index contributed by atoms with van der Waals surface area (Å²) >= 11 is 0. The molecule has 0 aromatic carbocycles. The van der Waals surface area contributed by atoms with E-state index >= 15 is 0 Å². The van der Waals surface area contributed by atoms with E-state index in [2.05, 4.69) is 6.92 Å². The topological polar surface area (TPSA) is 52.3 Å². The molecule has 2 N–H and O–H groups in total. The lowest BCUT2D eigenvalue weighted by atomic mass is 9.96. The van der Waals surface area contributed by atoms with Crippen molar-refractivity contribution in [2.45, 2.75) is 65.9 Å². The highest BCUT2D eigenvalue weighted by molar-refractivity contribution is 5.73. The Bertz CT molecular complexity index is 204. The first-order valence-electron chi connectivity index (χ1n) is 6.93. The highest BCUT2D eigenvalue weighted by atomic mass is 16.5. The summed E-state index contributed by atoms with van der Waals surface area (Å²) in [7, 11) is 0. The molecule has 0 aliphatic heterocycles. The fourth-order valence-corrected chi connectivity index (χ4v) is 1.84. The van der Waals surface area contributed by atoms with Crippen molar-refractivity contribution in [3.05, 3.63) is 0 Å². The van der Waals surface area contributed by atoms with Gasteiger partial charge in [-0.25, -0.2) is 0 Å². The van der Waals surface area contributed by atoms with Crippen LogP contribution in [0.15, 0.2) is 0 Å².